The second-order valence-electron chi connectivity index (χ2n) is 5.68. The zero-order valence-electron chi connectivity index (χ0n) is 13.2. The highest BCUT2D eigenvalue weighted by atomic mass is 35.5. The number of sulfonamides is 1. The first-order valence-electron chi connectivity index (χ1n) is 7.28. The topological polar surface area (TPSA) is 118 Å². The number of hydrogen-bond acceptors (Lipinski definition) is 4. The lowest BCUT2D eigenvalue weighted by atomic mass is 10.1. The number of carbonyl (C=O) groups excluding carboxylic acids is 1. The van der Waals surface area contributed by atoms with Crippen molar-refractivity contribution in [2.24, 2.45) is 5.14 Å². The van der Waals surface area contributed by atoms with E-state index in [0.717, 1.165) is 5.56 Å². The van der Waals surface area contributed by atoms with Gasteiger partial charge in [-0.25, -0.2) is 13.6 Å². The average Bonchev–Trinajstić information content (AvgIpc) is 2.91. The number of nitrogens with two attached hydrogens (primary N) is 1. The highest BCUT2D eigenvalue weighted by Crippen LogP contribution is 2.23. The molecular weight excluding hydrogens is 364 g/mol. The van der Waals surface area contributed by atoms with Crippen LogP contribution in [0.15, 0.2) is 36.4 Å². The normalized spacial score (nSPS) is 11.6. The molecule has 4 N–H and O–H groups in total. The summed E-state index contributed by atoms with van der Waals surface area (Å²) in [4.78, 5) is 12.6. The molecule has 3 aromatic rings. The molecule has 0 spiro atoms. The predicted octanol–water partition coefficient (Wildman–Crippen LogP) is 2.57. The van der Waals surface area contributed by atoms with Gasteiger partial charge in [-0.05, 0) is 36.8 Å². The number of primary sulfonamides is 1. The molecule has 1 amide bonds. The molecule has 0 radical (unpaired) electrons. The monoisotopic (exact) mass is 378 g/mol. The molecule has 7 nitrogen and oxygen atoms in total. The van der Waals surface area contributed by atoms with Crippen LogP contribution in [0.2, 0.25) is 5.02 Å². The molecular formula is C16H15ClN4O3S. The molecule has 0 saturated heterocycles. The van der Waals surface area contributed by atoms with Crippen LogP contribution >= 0.6 is 11.6 Å². The average molecular weight is 379 g/mol. The molecule has 130 valence electrons. The van der Waals surface area contributed by atoms with Crippen LogP contribution in [-0.2, 0) is 15.8 Å². The number of carbonyl (C=O) groups is 1. The first-order valence-corrected chi connectivity index (χ1v) is 9.37. The Morgan fingerprint density at radius 2 is 2.04 bits per heavy atom. The minimum Gasteiger partial charge on any atom is -0.320 e. The summed E-state index contributed by atoms with van der Waals surface area (Å²) in [5, 5.41) is 15.6. The maximum Gasteiger partial charge on any atom is 0.276 e. The quantitative estimate of drug-likeness (QED) is 0.646. The lowest BCUT2D eigenvalue weighted by Gasteiger charge is -2.11. The number of amides is 1. The van der Waals surface area contributed by atoms with Crippen LogP contribution in [0.25, 0.3) is 10.9 Å². The third-order valence-electron chi connectivity index (χ3n) is 3.61. The van der Waals surface area contributed by atoms with Gasteiger partial charge >= 0.3 is 0 Å². The van der Waals surface area contributed by atoms with Gasteiger partial charge in [0.15, 0.2) is 5.69 Å². The molecule has 25 heavy (non-hydrogen) atoms. The number of nitrogens with zero attached hydrogens (tertiary/aromatic N) is 1. The number of nitrogens with one attached hydrogen (secondary N) is 2. The van der Waals surface area contributed by atoms with Gasteiger partial charge in [0.1, 0.15) is 0 Å². The fraction of sp³-hybridized carbons (Fsp3) is 0.125. The molecule has 0 saturated carbocycles. The number of fused-ring (bicyclic) bond motifs is 1. The van der Waals surface area contributed by atoms with Crippen molar-refractivity contribution in [1.82, 2.24) is 10.2 Å². The lowest BCUT2D eigenvalue weighted by Crippen LogP contribution is -2.18. The Kier molecular flexibility index (Phi) is 4.51. The van der Waals surface area contributed by atoms with E-state index in [1.165, 1.54) is 0 Å². The zero-order valence-corrected chi connectivity index (χ0v) is 14.8. The molecule has 0 atom stereocenters. The summed E-state index contributed by atoms with van der Waals surface area (Å²) >= 11 is 5.97. The van der Waals surface area contributed by atoms with Crippen LogP contribution in [0, 0.1) is 6.92 Å². The number of halogens is 1. The van der Waals surface area contributed by atoms with E-state index in [9.17, 15) is 13.2 Å². The van der Waals surface area contributed by atoms with Crippen molar-refractivity contribution in [2.45, 2.75) is 12.7 Å². The maximum atomic E-state index is 12.6. The fourth-order valence-electron chi connectivity index (χ4n) is 2.52. The van der Waals surface area contributed by atoms with Gasteiger partial charge in [0, 0.05) is 16.1 Å². The van der Waals surface area contributed by atoms with Crippen molar-refractivity contribution < 1.29 is 13.2 Å². The van der Waals surface area contributed by atoms with Crippen molar-refractivity contribution in [3.05, 3.63) is 58.2 Å². The van der Waals surface area contributed by atoms with E-state index in [4.69, 9.17) is 16.7 Å². The van der Waals surface area contributed by atoms with Crippen molar-refractivity contribution in [3.63, 3.8) is 0 Å². The Hall–Kier alpha value is -2.42. The van der Waals surface area contributed by atoms with E-state index in [-0.39, 0.29) is 11.4 Å². The van der Waals surface area contributed by atoms with Crippen molar-refractivity contribution in [3.8, 4) is 0 Å². The smallest absolute Gasteiger partial charge is 0.276 e. The van der Waals surface area contributed by atoms with Crippen LogP contribution in [0.1, 0.15) is 21.6 Å². The number of aromatic amines is 1. The minimum atomic E-state index is -3.74. The van der Waals surface area contributed by atoms with E-state index in [2.05, 4.69) is 15.5 Å². The number of benzene rings is 2. The minimum absolute atomic E-state index is 0.166. The molecule has 2 aromatic carbocycles. The summed E-state index contributed by atoms with van der Waals surface area (Å²) in [6.07, 6.45) is 0. The fourth-order valence-corrected chi connectivity index (χ4v) is 3.37. The molecule has 0 aliphatic carbocycles. The van der Waals surface area contributed by atoms with E-state index in [1.54, 1.807) is 36.4 Å². The van der Waals surface area contributed by atoms with Crippen LogP contribution in [0.4, 0.5) is 5.69 Å². The first-order chi connectivity index (χ1) is 11.7. The maximum absolute atomic E-state index is 12.6. The Labute approximate surface area is 149 Å². The summed E-state index contributed by atoms with van der Waals surface area (Å²) in [5.41, 5.74) is 2.47. The molecule has 1 aromatic heterocycles. The molecule has 9 heteroatoms. The van der Waals surface area contributed by atoms with E-state index in [0.29, 0.717) is 27.2 Å². The Morgan fingerprint density at radius 1 is 1.28 bits per heavy atom. The second-order valence-corrected chi connectivity index (χ2v) is 7.73. The number of anilines is 1. The van der Waals surface area contributed by atoms with Gasteiger partial charge in [-0.3, -0.25) is 9.89 Å². The van der Waals surface area contributed by atoms with Crippen molar-refractivity contribution >= 4 is 44.1 Å². The Bertz CT molecular complexity index is 1080. The largest absolute Gasteiger partial charge is 0.320 e. The summed E-state index contributed by atoms with van der Waals surface area (Å²) in [7, 11) is -3.74. The molecule has 0 bridgehead atoms. The number of H-pyrrole nitrogens is 1. The highest BCUT2D eigenvalue weighted by molar-refractivity contribution is 7.88. The summed E-state index contributed by atoms with van der Waals surface area (Å²) in [5.74, 6) is -0.856. The van der Waals surface area contributed by atoms with Gasteiger partial charge in [0.2, 0.25) is 10.0 Å². The SMILES string of the molecule is Cc1ccc(NC(=O)c2n[nH]c3ccc(Cl)cc23)c(CS(N)(=O)=O)c1. The molecule has 0 fully saturated rings. The number of rotatable bonds is 4. The van der Waals surface area contributed by atoms with E-state index < -0.39 is 15.9 Å². The number of aryl methyl sites for hydroxylation is 1. The van der Waals surface area contributed by atoms with Crippen molar-refractivity contribution in [2.75, 3.05) is 5.32 Å². The first kappa shape index (κ1) is 17.4. The van der Waals surface area contributed by atoms with Crippen LogP contribution in [-0.4, -0.2) is 24.5 Å². The van der Waals surface area contributed by atoms with Crippen molar-refractivity contribution in [1.29, 1.82) is 0 Å². The lowest BCUT2D eigenvalue weighted by molar-refractivity contribution is 0.102. The zero-order chi connectivity index (χ0) is 18.2. The molecule has 0 unspecified atom stereocenters. The summed E-state index contributed by atoms with van der Waals surface area (Å²) in [6, 6.07) is 10.1. The Morgan fingerprint density at radius 3 is 2.76 bits per heavy atom. The predicted molar refractivity (Wildman–Crippen MR) is 97.0 cm³/mol. The summed E-state index contributed by atoms with van der Waals surface area (Å²) < 4.78 is 22.8. The molecule has 0 aliphatic rings. The third kappa shape index (κ3) is 3.98. The second kappa shape index (κ2) is 6.47. The Balaban J connectivity index is 1.96. The third-order valence-corrected chi connectivity index (χ3v) is 4.55. The van der Waals surface area contributed by atoms with E-state index in [1.807, 2.05) is 6.92 Å². The van der Waals surface area contributed by atoms with E-state index >= 15 is 0 Å². The van der Waals surface area contributed by atoms with Gasteiger partial charge in [0.05, 0.1) is 11.3 Å². The number of hydrogen-bond donors (Lipinski definition) is 3. The standard InChI is InChI=1S/C16H15ClN4O3S/c1-9-2-4-13(10(6-9)8-25(18,23)24)19-16(22)15-12-7-11(17)3-5-14(12)20-21-15/h2-7H,8H2,1H3,(H,19,22)(H,20,21)(H2,18,23,24). The number of aromatic nitrogens is 2. The van der Waals surface area contributed by atoms with Gasteiger partial charge in [-0.15, -0.1) is 0 Å². The highest BCUT2D eigenvalue weighted by Gasteiger charge is 2.17. The molecule has 1 heterocycles. The van der Waals surface area contributed by atoms with Gasteiger partial charge in [-0.2, -0.15) is 5.10 Å². The molecule has 0 aliphatic heterocycles. The molecule has 3 rings (SSSR count). The van der Waals surface area contributed by atoms with Crippen LogP contribution < -0.4 is 10.5 Å². The summed E-state index contributed by atoms with van der Waals surface area (Å²) in [6.45, 7) is 1.82. The van der Waals surface area contributed by atoms with Gasteiger partial charge in [-0.1, -0.05) is 29.3 Å². The van der Waals surface area contributed by atoms with Crippen LogP contribution in [0.3, 0.4) is 0 Å². The van der Waals surface area contributed by atoms with Gasteiger partial charge in [0.25, 0.3) is 5.91 Å². The van der Waals surface area contributed by atoms with Gasteiger partial charge < -0.3 is 5.32 Å². The van der Waals surface area contributed by atoms with Crippen LogP contribution in [0.5, 0.6) is 0 Å².